The molecule has 45 heavy (non-hydrogen) atoms. The summed E-state index contributed by atoms with van der Waals surface area (Å²) in [5.41, 5.74) is 19.8. The number of pyridine rings is 2. The SMILES string of the molecule is CC1=CCC(C)(c2ccc3c(n2)c2nc(-c4ccc(C)cc4C)ccc2n3-c2ccc(-c3ccc(C)cc3C)c(C)c2)C(C)=C1. The molecule has 1 atom stereocenters. The van der Waals surface area contributed by atoms with E-state index in [1.807, 2.05) is 0 Å². The van der Waals surface area contributed by atoms with E-state index < -0.39 is 0 Å². The zero-order valence-corrected chi connectivity index (χ0v) is 27.7. The van der Waals surface area contributed by atoms with Gasteiger partial charge in [-0.2, -0.15) is 0 Å². The van der Waals surface area contributed by atoms with Gasteiger partial charge in [0, 0.05) is 16.7 Å². The number of allylic oxidation sites excluding steroid dienone is 4. The summed E-state index contributed by atoms with van der Waals surface area (Å²) in [4.78, 5) is 10.8. The Labute approximate surface area is 267 Å². The number of hydrogen-bond donors (Lipinski definition) is 0. The first-order valence-electron chi connectivity index (χ1n) is 16.0. The van der Waals surface area contributed by atoms with Crippen molar-refractivity contribution in [1.29, 1.82) is 0 Å². The lowest BCUT2D eigenvalue weighted by Gasteiger charge is -2.32. The molecule has 1 aliphatic rings. The largest absolute Gasteiger partial charge is 0.306 e. The Morgan fingerprint density at radius 1 is 0.600 bits per heavy atom. The van der Waals surface area contributed by atoms with Gasteiger partial charge in [-0.3, -0.25) is 0 Å². The van der Waals surface area contributed by atoms with Crippen molar-refractivity contribution in [3.63, 3.8) is 0 Å². The molecular weight excluding hydrogens is 546 g/mol. The van der Waals surface area contributed by atoms with Gasteiger partial charge in [-0.05, 0) is 126 Å². The molecule has 0 N–H and O–H groups in total. The van der Waals surface area contributed by atoms with Crippen molar-refractivity contribution in [2.75, 3.05) is 0 Å². The van der Waals surface area contributed by atoms with E-state index >= 15 is 0 Å². The Kier molecular flexibility index (Phi) is 6.89. The number of rotatable bonds is 4. The maximum atomic E-state index is 5.45. The molecule has 1 unspecified atom stereocenters. The van der Waals surface area contributed by atoms with Crippen LogP contribution in [0.15, 0.2) is 102 Å². The summed E-state index contributed by atoms with van der Waals surface area (Å²) in [6.07, 6.45) is 5.58. The summed E-state index contributed by atoms with van der Waals surface area (Å²) in [6.45, 7) is 17.6. The second kappa shape index (κ2) is 10.7. The summed E-state index contributed by atoms with van der Waals surface area (Å²) >= 11 is 0. The summed E-state index contributed by atoms with van der Waals surface area (Å²) in [5.74, 6) is 0. The van der Waals surface area contributed by atoms with Gasteiger partial charge in [-0.15, -0.1) is 0 Å². The molecule has 3 aromatic heterocycles. The molecule has 0 bridgehead atoms. The number of nitrogens with zero attached hydrogens (tertiary/aromatic N) is 3. The maximum Gasteiger partial charge on any atom is 0.116 e. The Morgan fingerprint density at radius 3 is 1.80 bits per heavy atom. The van der Waals surface area contributed by atoms with E-state index in [4.69, 9.17) is 9.97 Å². The van der Waals surface area contributed by atoms with E-state index in [0.29, 0.717) is 0 Å². The van der Waals surface area contributed by atoms with E-state index in [0.717, 1.165) is 51.1 Å². The van der Waals surface area contributed by atoms with Crippen molar-refractivity contribution in [3.05, 3.63) is 136 Å². The van der Waals surface area contributed by atoms with Crippen molar-refractivity contribution in [3.8, 4) is 28.1 Å². The zero-order chi connectivity index (χ0) is 31.6. The molecule has 1 aliphatic carbocycles. The molecule has 3 heteroatoms. The second-order valence-corrected chi connectivity index (χ2v) is 13.4. The van der Waals surface area contributed by atoms with Gasteiger partial charge in [-0.1, -0.05) is 76.9 Å². The number of benzene rings is 3. The predicted molar refractivity (Wildman–Crippen MR) is 190 cm³/mol. The van der Waals surface area contributed by atoms with Gasteiger partial charge < -0.3 is 4.57 Å². The highest BCUT2D eigenvalue weighted by Gasteiger charge is 2.32. The molecule has 0 saturated heterocycles. The monoisotopic (exact) mass is 587 g/mol. The number of aryl methyl sites for hydroxylation is 5. The van der Waals surface area contributed by atoms with Crippen LogP contribution in [-0.4, -0.2) is 14.5 Å². The first kappa shape index (κ1) is 29.0. The smallest absolute Gasteiger partial charge is 0.116 e. The van der Waals surface area contributed by atoms with Crippen LogP contribution in [0, 0.1) is 34.6 Å². The molecular formula is C42H41N3. The second-order valence-electron chi connectivity index (χ2n) is 13.4. The van der Waals surface area contributed by atoms with Gasteiger partial charge in [0.25, 0.3) is 0 Å². The topological polar surface area (TPSA) is 30.7 Å². The van der Waals surface area contributed by atoms with Gasteiger partial charge in [0.2, 0.25) is 0 Å². The highest BCUT2D eigenvalue weighted by atomic mass is 15.0. The van der Waals surface area contributed by atoms with Crippen LogP contribution in [0.4, 0.5) is 0 Å². The summed E-state index contributed by atoms with van der Waals surface area (Å²) in [6, 6.07) is 29.0. The number of hydrogen-bond acceptors (Lipinski definition) is 2. The fourth-order valence-corrected chi connectivity index (χ4v) is 7.18. The van der Waals surface area contributed by atoms with E-state index in [1.165, 1.54) is 50.1 Å². The van der Waals surface area contributed by atoms with E-state index in [2.05, 4.69) is 151 Å². The summed E-state index contributed by atoms with van der Waals surface area (Å²) in [7, 11) is 0. The standard InChI is InChI=1S/C42H41N3/c1-25-9-12-33(28(4)21-25)34-14-11-32(24-30(34)6)45-37-16-15-36(35-13-10-26(2)22-29(35)5)43-40(37)41-38(45)17-18-39(44-41)42(8)20-19-27(3)23-31(42)7/h9-19,21-24H,20H2,1-8H3. The van der Waals surface area contributed by atoms with Crippen molar-refractivity contribution < 1.29 is 0 Å². The zero-order valence-electron chi connectivity index (χ0n) is 27.7. The predicted octanol–water partition coefficient (Wildman–Crippen LogP) is 11.0. The molecule has 3 aromatic carbocycles. The lowest BCUT2D eigenvalue weighted by Crippen LogP contribution is -2.26. The Morgan fingerprint density at radius 2 is 1.18 bits per heavy atom. The first-order chi connectivity index (χ1) is 21.5. The Hall–Kier alpha value is -4.76. The summed E-state index contributed by atoms with van der Waals surface area (Å²) < 4.78 is 2.34. The maximum absolute atomic E-state index is 5.45. The molecule has 0 saturated carbocycles. The molecule has 0 fully saturated rings. The highest BCUT2D eigenvalue weighted by molar-refractivity contribution is 6.05. The van der Waals surface area contributed by atoms with Crippen molar-refractivity contribution in [2.24, 2.45) is 0 Å². The minimum absolute atomic E-state index is 0.155. The molecule has 3 nitrogen and oxygen atoms in total. The van der Waals surface area contributed by atoms with Gasteiger partial charge in [0.15, 0.2) is 0 Å². The minimum atomic E-state index is -0.155. The lowest BCUT2D eigenvalue weighted by atomic mass is 9.73. The summed E-state index contributed by atoms with van der Waals surface area (Å²) in [5, 5.41) is 0. The average Bonchev–Trinajstić information content (AvgIpc) is 3.32. The van der Waals surface area contributed by atoms with Crippen LogP contribution in [0.2, 0.25) is 0 Å². The highest BCUT2D eigenvalue weighted by Crippen LogP contribution is 2.41. The Balaban J connectivity index is 1.46. The normalized spacial score (nSPS) is 16.7. The van der Waals surface area contributed by atoms with Crippen molar-refractivity contribution >= 4 is 22.1 Å². The van der Waals surface area contributed by atoms with Gasteiger partial charge in [0.05, 0.1) is 22.4 Å². The molecule has 224 valence electrons. The van der Waals surface area contributed by atoms with Crippen LogP contribution in [0.5, 0.6) is 0 Å². The fourth-order valence-electron chi connectivity index (χ4n) is 7.18. The molecule has 0 aliphatic heterocycles. The third-order valence-corrected chi connectivity index (χ3v) is 9.96. The van der Waals surface area contributed by atoms with Crippen LogP contribution >= 0.6 is 0 Å². The number of aromatic nitrogens is 3. The fraction of sp³-hybridized carbons (Fsp3) is 0.238. The minimum Gasteiger partial charge on any atom is -0.306 e. The lowest BCUT2D eigenvalue weighted by molar-refractivity contribution is 0.541. The molecule has 6 aromatic rings. The molecule has 3 heterocycles. The van der Waals surface area contributed by atoms with Crippen LogP contribution in [0.25, 0.3) is 50.1 Å². The number of fused-ring (bicyclic) bond motifs is 3. The third-order valence-electron chi connectivity index (χ3n) is 9.96. The molecule has 7 rings (SSSR count). The quantitative estimate of drug-likeness (QED) is 0.205. The van der Waals surface area contributed by atoms with Crippen LogP contribution in [-0.2, 0) is 5.41 Å². The van der Waals surface area contributed by atoms with E-state index in [9.17, 15) is 0 Å². The Bertz CT molecular complexity index is 2230. The van der Waals surface area contributed by atoms with Gasteiger partial charge in [0.1, 0.15) is 11.0 Å². The molecule has 0 spiro atoms. The van der Waals surface area contributed by atoms with Gasteiger partial charge >= 0.3 is 0 Å². The molecule has 0 amide bonds. The van der Waals surface area contributed by atoms with Crippen LogP contribution in [0.1, 0.15) is 60.7 Å². The van der Waals surface area contributed by atoms with Crippen molar-refractivity contribution in [1.82, 2.24) is 14.5 Å². The average molecular weight is 588 g/mol. The van der Waals surface area contributed by atoms with Crippen LogP contribution < -0.4 is 0 Å². The molecule has 0 radical (unpaired) electrons. The van der Waals surface area contributed by atoms with Gasteiger partial charge in [-0.25, -0.2) is 9.97 Å². The van der Waals surface area contributed by atoms with Crippen molar-refractivity contribution in [2.45, 2.75) is 67.2 Å². The first-order valence-corrected chi connectivity index (χ1v) is 16.0. The van der Waals surface area contributed by atoms with E-state index in [-0.39, 0.29) is 5.41 Å². The van der Waals surface area contributed by atoms with Crippen LogP contribution in [0.3, 0.4) is 0 Å². The third kappa shape index (κ3) is 4.82. The van der Waals surface area contributed by atoms with E-state index in [1.54, 1.807) is 0 Å².